The number of alkyl halides is 2. The molecule has 3 heterocycles. The number of carbonyl (C=O) groups excluding carboxylic acids is 1. The molecule has 0 unspecified atom stereocenters. The summed E-state index contributed by atoms with van der Waals surface area (Å²) in [5.41, 5.74) is 1.64. The van der Waals surface area contributed by atoms with Gasteiger partial charge in [0, 0.05) is 35.8 Å². The summed E-state index contributed by atoms with van der Waals surface area (Å²) in [5.74, 6) is -0.780. The Balaban J connectivity index is 1.32. The molecular weight excluding hydrogens is 459 g/mol. The zero-order valence-electron chi connectivity index (χ0n) is 19.2. The van der Waals surface area contributed by atoms with E-state index in [-0.39, 0.29) is 23.4 Å². The average molecular weight is 486 g/mol. The summed E-state index contributed by atoms with van der Waals surface area (Å²) in [6.45, 7) is 4.05. The van der Waals surface area contributed by atoms with Crippen LogP contribution in [0.25, 0.3) is 10.9 Å². The zero-order chi connectivity index (χ0) is 24.5. The largest absolute Gasteiger partial charge is 0.380 e. The highest BCUT2D eigenvalue weighted by atomic mass is 19.3. The van der Waals surface area contributed by atoms with Crippen LogP contribution in [0.3, 0.4) is 0 Å². The van der Waals surface area contributed by atoms with Crippen molar-refractivity contribution in [1.82, 2.24) is 15.1 Å². The third kappa shape index (κ3) is 4.75. The Bertz CT molecular complexity index is 1240. The molecule has 2 aliphatic rings. The van der Waals surface area contributed by atoms with Crippen LogP contribution >= 0.6 is 0 Å². The second kappa shape index (κ2) is 9.69. The molecule has 1 aromatic heterocycles. The smallest absolute Gasteiger partial charge is 0.266 e. The fourth-order valence-corrected chi connectivity index (χ4v) is 4.59. The first-order valence-electron chi connectivity index (χ1n) is 11.6. The number of amides is 1. The number of likely N-dealkylation sites (tertiary alicyclic amines) is 1. The summed E-state index contributed by atoms with van der Waals surface area (Å²) in [6.07, 6.45) is -0.509. The Labute approximate surface area is 200 Å². The topological polar surface area (TPSA) is 79.4 Å². The second-order valence-corrected chi connectivity index (χ2v) is 9.06. The van der Waals surface area contributed by atoms with E-state index in [4.69, 9.17) is 4.74 Å². The molecule has 1 amide bonds. The molecule has 2 aromatic carbocycles. The van der Waals surface area contributed by atoms with Crippen molar-refractivity contribution in [3.8, 4) is 0 Å². The van der Waals surface area contributed by atoms with E-state index in [1.807, 2.05) is 23.1 Å². The van der Waals surface area contributed by atoms with E-state index in [0.29, 0.717) is 37.5 Å². The number of hydrogen-bond donors (Lipinski definition) is 2. The van der Waals surface area contributed by atoms with Gasteiger partial charge in [-0.05, 0) is 31.5 Å². The molecule has 7 nitrogen and oxygen atoms in total. The fraction of sp³-hybridized carbons (Fsp3) is 0.400. The SMILES string of the molecule is C[C@@H](Nc1cnnc2ccc(N[C@@H]3CCN(C(=O)C4COC4)C3)cc12)c1cccc(C(F)F)c1F. The van der Waals surface area contributed by atoms with Gasteiger partial charge in [0.05, 0.1) is 48.1 Å². The number of benzene rings is 2. The normalized spacial score (nSPS) is 19.1. The van der Waals surface area contributed by atoms with E-state index in [1.165, 1.54) is 18.3 Å². The molecule has 0 spiro atoms. The molecule has 0 aliphatic carbocycles. The van der Waals surface area contributed by atoms with Crippen molar-refractivity contribution >= 4 is 28.2 Å². The van der Waals surface area contributed by atoms with E-state index < -0.39 is 23.8 Å². The summed E-state index contributed by atoms with van der Waals surface area (Å²) in [4.78, 5) is 14.4. The Morgan fingerprint density at radius 1 is 1.20 bits per heavy atom. The Morgan fingerprint density at radius 2 is 2.00 bits per heavy atom. The van der Waals surface area contributed by atoms with Gasteiger partial charge in [-0.25, -0.2) is 13.2 Å². The first-order chi connectivity index (χ1) is 16.9. The number of fused-ring (bicyclic) bond motifs is 1. The summed E-state index contributed by atoms with van der Waals surface area (Å²) < 4.78 is 46.1. The molecule has 2 aliphatic heterocycles. The third-order valence-corrected chi connectivity index (χ3v) is 6.63. The number of hydrogen-bond acceptors (Lipinski definition) is 6. The predicted molar refractivity (Wildman–Crippen MR) is 126 cm³/mol. The highest BCUT2D eigenvalue weighted by Crippen LogP contribution is 2.32. The van der Waals surface area contributed by atoms with Gasteiger partial charge < -0.3 is 20.3 Å². The van der Waals surface area contributed by atoms with Gasteiger partial charge in [-0.2, -0.15) is 10.2 Å². The van der Waals surface area contributed by atoms with E-state index in [0.717, 1.165) is 23.6 Å². The molecule has 5 rings (SSSR count). The summed E-state index contributed by atoms with van der Waals surface area (Å²) in [7, 11) is 0. The lowest BCUT2D eigenvalue weighted by atomic mass is 10.0. The van der Waals surface area contributed by atoms with Gasteiger partial charge in [-0.1, -0.05) is 18.2 Å². The summed E-state index contributed by atoms with van der Waals surface area (Å²) >= 11 is 0. The van der Waals surface area contributed by atoms with Crippen molar-refractivity contribution in [2.75, 3.05) is 36.9 Å². The minimum atomic E-state index is -2.89. The van der Waals surface area contributed by atoms with Crippen LogP contribution in [0.4, 0.5) is 24.5 Å². The highest BCUT2D eigenvalue weighted by molar-refractivity contribution is 5.93. The van der Waals surface area contributed by atoms with Crippen molar-refractivity contribution in [2.45, 2.75) is 31.9 Å². The first kappa shape index (κ1) is 23.3. The minimum Gasteiger partial charge on any atom is -0.380 e. The van der Waals surface area contributed by atoms with Crippen LogP contribution in [-0.4, -0.2) is 53.3 Å². The molecule has 2 fully saturated rings. The average Bonchev–Trinajstić information content (AvgIpc) is 3.26. The van der Waals surface area contributed by atoms with E-state index in [2.05, 4.69) is 20.8 Å². The number of aromatic nitrogens is 2. The Morgan fingerprint density at radius 3 is 2.74 bits per heavy atom. The molecular formula is C25H26F3N5O2. The van der Waals surface area contributed by atoms with Gasteiger partial charge in [0.1, 0.15) is 5.82 Å². The van der Waals surface area contributed by atoms with Gasteiger partial charge in [0.15, 0.2) is 0 Å². The Hall–Kier alpha value is -3.40. The van der Waals surface area contributed by atoms with E-state index >= 15 is 0 Å². The van der Waals surface area contributed by atoms with Crippen molar-refractivity contribution in [1.29, 1.82) is 0 Å². The number of halogens is 3. The van der Waals surface area contributed by atoms with Crippen LogP contribution in [0.15, 0.2) is 42.6 Å². The van der Waals surface area contributed by atoms with E-state index in [9.17, 15) is 18.0 Å². The lowest BCUT2D eigenvalue weighted by Gasteiger charge is -2.29. The van der Waals surface area contributed by atoms with E-state index in [1.54, 1.807) is 6.92 Å². The molecule has 10 heteroatoms. The lowest BCUT2D eigenvalue weighted by Crippen LogP contribution is -2.44. The van der Waals surface area contributed by atoms with Crippen molar-refractivity contribution in [3.63, 3.8) is 0 Å². The Kier molecular flexibility index (Phi) is 6.46. The monoisotopic (exact) mass is 485 g/mol. The van der Waals surface area contributed by atoms with Crippen LogP contribution in [0, 0.1) is 11.7 Å². The van der Waals surface area contributed by atoms with Gasteiger partial charge in [0.2, 0.25) is 5.91 Å². The van der Waals surface area contributed by atoms with Crippen molar-refractivity contribution < 1.29 is 22.7 Å². The molecule has 2 saturated heterocycles. The number of nitrogens with one attached hydrogen (secondary N) is 2. The van der Waals surface area contributed by atoms with Crippen molar-refractivity contribution in [2.24, 2.45) is 5.92 Å². The van der Waals surface area contributed by atoms with Gasteiger partial charge in [-0.3, -0.25) is 4.79 Å². The number of carbonyl (C=O) groups is 1. The second-order valence-electron chi connectivity index (χ2n) is 9.06. The highest BCUT2D eigenvalue weighted by Gasteiger charge is 2.34. The van der Waals surface area contributed by atoms with Crippen LogP contribution in [-0.2, 0) is 9.53 Å². The van der Waals surface area contributed by atoms with Crippen LogP contribution < -0.4 is 10.6 Å². The van der Waals surface area contributed by atoms with Gasteiger partial charge in [-0.15, -0.1) is 0 Å². The molecule has 3 aromatic rings. The standard InChI is InChI=1S/C25H26F3N5O2/c1-14(18-3-2-4-19(23(18)26)24(27)28)30-22-10-29-32-21-6-5-16(9-20(21)22)31-17-7-8-33(11-17)25(34)15-12-35-13-15/h2-6,9-10,14-15,17,24,31H,7-8,11-13H2,1H3,(H,30,32)/t14-,17-/m1/s1. The molecule has 0 saturated carbocycles. The maximum absolute atomic E-state index is 14.7. The van der Waals surface area contributed by atoms with Gasteiger partial charge >= 0.3 is 0 Å². The van der Waals surface area contributed by atoms with Crippen LogP contribution in [0.2, 0.25) is 0 Å². The predicted octanol–water partition coefficient (Wildman–Crippen LogP) is 4.54. The molecule has 0 radical (unpaired) electrons. The van der Waals surface area contributed by atoms with Crippen LogP contribution in [0.1, 0.15) is 36.9 Å². The fourth-order valence-electron chi connectivity index (χ4n) is 4.59. The number of rotatable bonds is 7. The zero-order valence-corrected chi connectivity index (χ0v) is 19.2. The quantitative estimate of drug-likeness (QED) is 0.512. The van der Waals surface area contributed by atoms with Crippen molar-refractivity contribution in [3.05, 3.63) is 59.5 Å². The number of nitrogens with zero attached hydrogens (tertiary/aromatic N) is 3. The number of anilines is 2. The molecule has 0 bridgehead atoms. The number of ether oxygens (including phenoxy) is 1. The van der Waals surface area contributed by atoms with Gasteiger partial charge in [0.25, 0.3) is 6.43 Å². The molecule has 35 heavy (non-hydrogen) atoms. The summed E-state index contributed by atoms with van der Waals surface area (Å²) in [6, 6.07) is 9.21. The maximum atomic E-state index is 14.7. The maximum Gasteiger partial charge on any atom is 0.266 e. The molecule has 2 atom stereocenters. The first-order valence-corrected chi connectivity index (χ1v) is 11.6. The minimum absolute atomic E-state index is 0.0187. The lowest BCUT2D eigenvalue weighted by molar-refractivity contribution is -0.148. The summed E-state index contributed by atoms with van der Waals surface area (Å²) in [5, 5.41) is 15.6. The molecule has 184 valence electrons. The third-order valence-electron chi connectivity index (χ3n) is 6.63. The van der Waals surface area contributed by atoms with Crippen LogP contribution in [0.5, 0.6) is 0 Å². The molecule has 2 N–H and O–H groups in total.